The van der Waals surface area contributed by atoms with Gasteiger partial charge in [-0.25, -0.2) is 0 Å². The third-order valence-corrected chi connectivity index (χ3v) is 3.91. The Morgan fingerprint density at radius 3 is 1.96 bits per heavy atom. The summed E-state index contributed by atoms with van der Waals surface area (Å²) < 4.78 is 9.88. The number of rotatable bonds is 4. The predicted octanol–water partition coefficient (Wildman–Crippen LogP) is 0.694. The molecule has 0 aliphatic carbocycles. The fourth-order valence-electron chi connectivity index (χ4n) is 2.76. The Kier molecular flexibility index (Phi) is 3.90. The smallest absolute Gasteiger partial charge is 0.324 e. The molecular weight excluding hydrogens is 330 g/mol. The number of ketones is 1. The van der Waals surface area contributed by atoms with Gasteiger partial charge in [0, 0.05) is 20.3 Å². The predicted molar refractivity (Wildman–Crippen MR) is 81.2 cm³/mol. The van der Waals surface area contributed by atoms with Gasteiger partial charge in [0.2, 0.25) is 0 Å². The number of esters is 2. The number of fused-ring (bicyclic) bond motifs is 1. The van der Waals surface area contributed by atoms with Gasteiger partial charge in [0.1, 0.15) is 0 Å². The molecule has 2 aliphatic heterocycles. The van der Waals surface area contributed by atoms with Crippen molar-refractivity contribution < 1.29 is 33.4 Å². The number of nitrogens with zero attached hydrogens (tertiary/aromatic N) is 1. The molecule has 8 nitrogen and oxygen atoms in total. The Bertz CT molecular complexity index is 756. The maximum atomic E-state index is 12.2. The van der Waals surface area contributed by atoms with Crippen LogP contribution in [0.2, 0.25) is 0 Å². The van der Waals surface area contributed by atoms with E-state index in [-0.39, 0.29) is 11.1 Å². The highest BCUT2D eigenvalue weighted by Gasteiger charge is 2.45. The van der Waals surface area contributed by atoms with Crippen molar-refractivity contribution in [3.63, 3.8) is 0 Å². The van der Waals surface area contributed by atoms with Gasteiger partial charge >= 0.3 is 11.9 Å². The van der Waals surface area contributed by atoms with Gasteiger partial charge in [-0.2, -0.15) is 0 Å². The van der Waals surface area contributed by atoms with Crippen molar-refractivity contribution in [1.29, 1.82) is 0 Å². The summed E-state index contributed by atoms with van der Waals surface area (Å²) in [5.74, 6) is -6.28. The van der Waals surface area contributed by atoms with Crippen LogP contribution in [0.1, 0.15) is 41.0 Å². The number of cyclic esters (lactones) is 2. The van der Waals surface area contributed by atoms with Gasteiger partial charge in [-0.05, 0) is 12.1 Å². The van der Waals surface area contributed by atoms with Crippen LogP contribution in [0, 0.1) is 5.92 Å². The number of hydrogen-bond donors (Lipinski definition) is 0. The molecule has 1 aromatic rings. The van der Waals surface area contributed by atoms with E-state index < -0.39 is 54.2 Å². The van der Waals surface area contributed by atoms with Crippen LogP contribution in [0.25, 0.3) is 0 Å². The lowest BCUT2D eigenvalue weighted by atomic mass is 10.0. The molecular formula is C17H15NO7. The van der Waals surface area contributed by atoms with Crippen LogP contribution < -0.4 is 0 Å². The van der Waals surface area contributed by atoms with Gasteiger partial charge in [-0.3, -0.25) is 28.9 Å². The number of carbonyl (C=O) groups is 5. The van der Waals surface area contributed by atoms with E-state index in [1.165, 1.54) is 26.0 Å². The van der Waals surface area contributed by atoms with Crippen molar-refractivity contribution in [3.8, 4) is 0 Å². The van der Waals surface area contributed by atoms with E-state index in [0.29, 0.717) is 0 Å². The zero-order valence-corrected chi connectivity index (χ0v) is 13.6. The van der Waals surface area contributed by atoms with Crippen LogP contribution >= 0.6 is 0 Å². The lowest BCUT2D eigenvalue weighted by molar-refractivity contribution is -0.240. The highest BCUT2D eigenvalue weighted by Crippen LogP contribution is 2.26. The molecule has 1 saturated heterocycles. The summed E-state index contributed by atoms with van der Waals surface area (Å²) in [6.07, 6.45) is -0.499. The van der Waals surface area contributed by atoms with Gasteiger partial charge in [-0.1, -0.05) is 12.1 Å². The Labute approximate surface area is 142 Å². The average molecular weight is 345 g/mol. The fourth-order valence-corrected chi connectivity index (χ4v) is 2.76. The SMILES string of the molecule is CC1(C)OC(=O)C(CC(=O)CN2C(=O)c3ccccc3C2=O)C(=O)O1. The van der Waals surface area contributed by atoms with Crippen molar-refractivity contribution in [1.82, 2.24) is 4.90 Å². The van der Waals surface area contributed by atoms with Crippen LogP contribution in [0.3, 0.4) is 0 Å². The van der Waals surface area contributed by atoms with Crippen LogP contribution in [-0.2, 0) is 23.9 Å². The molecule has 2 heterocycles. The summed E-state index contributed by atoms with van der Waals surface area (Å²) in [5.41, 5.74) is 0.442. The minimum atomic E-state index is -1.39. The summed E-state index contributed by atoms with van der Waals surface area (Å²) in [5, 5.41) is 0. The molecule has 0 radical (unpaired) electrons. The van der Waals surface area contributed by atoms with Crippen molar-refractivity contribution in [2.24, 2.45) is 5.92 Å². The summed E-state index contributed by atoms with van der Waals surface area (Å²) in [6.45, 7) is 2.28. The molecule has 0 atom stereocenters. The molecule has 8 heteroatoms. The second-order valence-electron chi connectivity index (χ2n) is 6.28. The number of ether oxygens (including phenoxy) is 2. The Balaban J connectivity index is 1.68. The monoisotopic (exact) mass is 345 g/mol. The second-order valence-corrected chi connectivity index (χ2v) is 6.28. The number of benzene rings is 1. The van der Waals surface area contributed by atoms with E-state index in [0.717, 1.165) is 4.90 Å². The van der Waals surface area contributed by atoms with E-state index in [9.17, 15) is 24.0 Å². The molecule has 2 amide bonds. The maximum Gasteiger partial charge on any atom is 0.324 e. The number of amides is 2. The van der Waals surface area contributed by atoms with Gasteiger partial charge < -0.3 is 9.47 Å². The maximum absolute atomic E-state index is 12.2. The van der Waals surface area contributed by atoms with Crippen molar-refractivity contribution in [2.75, 3.05) is 6.54 Å². The number of hydrogen-bond acceptors (Lipinski definition) is 7. The van der Waals surface area contributed by atoms with Gasteiger partial charge in [0.25, 0.3) is 17.6 Å². The number of imide groups is 1. The summed E-state index contributed by atoms with van der Waals surface area (Å²) in [7, 11) is 0. The summed E-state index contributed by atoms with van der Waals surface area (Å²) in [6, 6.07) is 6.23. The second kappa shape index (κ2) is 5.80. The van der Waals surface area contributed by atoms with Crippen LogP contribution in [0.5, 0.6) is 0 Å². The van der Waals surface area contributed by atoms with E-state index >= 15 is 0 Å². The first-order valence-corrected chi connectivity index (χ1v) is 7.62. The first-order valence-electron chi connectivity index (χ1n) is 7.62. The molecule has 3 rings (SSSR count). The molecule has 0 saturated carbocycles. The molecule has 1 aromatic carbocycles. The summed E-state index contributed by atoms with van der Waals surface area (Å²) >= 11 is 0. The van der Waals surface area contributed by atoms with Gasteiger partial charge in [0.05, 0.1) is 17.7 Å². The molecule has 0 unspecified atom stereocenters. The Morgan fingerprint density at radius 2 is 1.48 bits per heavy atom. The quantitative estimate of drug-likeness (QED) is 0.449. The van der Waals surface area contributed by atoms with E-state index in [1.54, 1.807) is 12.1 Å². The average Bonchev–Trinajstić information content (AvgIpc) is 2.76. The molecule has 1 fully saturated rings. The van der Waals surface area contributed by atoms with E-state index in [4.69, 9.17) is 9.47 Å². The third kappa shape index (κ3) is 3.02. The molecule has 25 heavy (non-hydrogen) atoms. The van der Waals surface area contributed by atoms with Crippen molar-refractivity contribution >= 4 is 29.5 Å². The molecule has 0 bridgehead atoms. The largest absolute Gasteiger partial charge is 0.422 e. The first-order chi connectivity index (χ1) is 11.7. The molecule has 2 aliphatic rings. The normalized spacial score (nSPS) is 19.5. The summed E-state index contributed by atoms with van der Waals surface area (Å²) in [4.78, 5) is 61.2. The molecule has 0 spiro atoms. The third-order valence-electron chi connectivity index (χ3n) is 3.91. The molecule has 0 N–H and O–H groups in total. The number of carbonyl (C=O) groups excluding carboxylic acids is 5. The molecule has 130 valence electrons. The van der Waals surface area contributed by atoms with Crippen molar-refractivity contribution in [2.45, 2.75) is 26.1 Å². The zero-order chi connectivity index (χ0) is 18.4. The fraction of sp³-hybridized carbons (Fsp3) is 0.353. The Morgan fingerprint density at radius 1 is 1.00 bits per heavy atom. The highest BCUT2D eigenvalue weighted by molar-refractivity contribution is 6.22. The topological polar surface area (TPSA) is 107 Å². The highest BCUT2D eigenvalue weighted by atomic mass is 16.7. The standard InChI is InChI=1S/C17H15NO7/c1-17(2)24-15(22)12(16(23)25-17)7-9(19)8-18-13(20)10-5-3-4-6-11(10)14(18)21/h3-6,12H,7-8H2,1-2H3. The van der Waals surface area contributed by atoms with Crippen LogP contribution in [-0.4, -0.2) is 46.8 Å². The minimum absolute atomic E-state index is 0.221. The minimum Gasteiger partial charge on any atom is -0.422 e. The lowest BCUT2D eigenvalue weighted by Gasteiger charge is -2.32. The zero-order valence-electron chi connectivity index (χ0n) is 13.6. The number of Topliss-reactive ketones (excluding diaryl/α,β-unsaturated/α-hetero) is 1. The van der Waals surface area contributed by atoms with Gasteiger partial charge in [-0.15, -0.1) is 0 Å². The van der Waals surface area contributed by atoms with Crippen LogP contribution in [0.15, 0.2) is 24.3 Å². The Hall–Kier alpha value is -3.03. The van der Waals surface area contributed by atoms with Crippen LogP contribution in [0.4, 0.5) is 0 Å². The lowest BCUT2D eigenvalue weighted by Crippen LogP contribution is -2.47. The van der Waals surface area contributed by atoms with Crippen molar-refractivity contribution in [3.05, 3.63) is 35.4 Å². The first kappa shape index (κ1) is 16.8. The van der Waals surface area contributed by atoms with E-state index in [2.05, 4.69) is 0 Å². The molecule has 0 aromatic heterocycles. The van der Waals surface area contributed by atoms with E-state index in [1.807, 2.05) is 0 Å². The van der Waals surface area contributed by atoms with Gasteiger partial charge in [0.15, 0.2) is 11.7 Å².